The van der Waals surface area contributed by atoms with E-state index in [1.165, 1.54) is 65.0 Å². The molecule has 0 atom stereocenters. The topological polar surface area (TPSA) is 43.6 Å². The minimum absolute atomic E-state index is 0.593. The molecule has 4 heteroatoms. The van der Waals surface area contributed by atoms with Crippen LogP contribution in [-0.2, 0) is 0 Å². The van der Waals surface area contributed by atoms with Crippen LogP contribution in [0.1, 0.15) is 0 Å². The van der Waals surface area contributed by atoms with E-state index in [1.807, 2.05) is 0 Å². The van der Waals surface area contributed by atoms with Crippen LogP contribution in [0.15, 0.2) is 182 Å². The minimum atomic E-state index is 0.593. The van der Waals surface area contributed by atoms with Crippen LogP contribution in [-0.4, -0.2) is 19.5 Å². The quantitative estimate of drug-likeness (QED) is 0.172. The van der Waals surface area contributed by atoms with Gasteiger partial charge in [-0.25, -0.2) is 4.98 Å². The summed E-state index contributed by atoms with van der Waals surface area (Å²) in [7, 11) is 0. The first-order chi connectivity index (χ1) is 27.2. The Labute approximate surface area is 315 Å². The zero-order valence-electron chi connectivity index (χ0n) is 29.6. The Balaban J connectivity index is 1.20. The van der Waals surface area contributed by atoms with Gasteiger partial charge in [0.2, 0.25) is 5.95 Å². The van der Waals surface area contributed by atoms with E-state index < -0.39 is 0 Å². The maximum Gasteiger partial charge on any atom is 0.238 e. The largest absolute Gasteiger partial charge is 0.278 e. The predicted octanol–water partition coefficient (Wildman–Crippen LogP) is 13.2. The number of hydrogen-bond donors (Lipinski definition) is 0. The molecule has 55 heavy (non-hydrogen) atoms. The van der Waals surface area contributed by atoms with Crippen molar-refractivity contribution in [2.24, 2.45) is 0 Å². The van der Waals surface area contributed by atoms with Crippen LogP contribution in [0.4, 0.5) is 0 Å². The van der Waals surface area contributed by atoms with Crippen LogP contribution in [0, 0.1) is 0 Å². The summed E-state index contributed by atoms with van der Waals surface area (Å²) in [6.45, 7) is 0. The van der Waals surface area contributed by atoms with Crippen molar-refractivity contribution in [2.45, 2.75) is 0 Å². The van der Waals surface area contributed by atoms with E-state index in [0.29, 0.717) is 17.6 Å². The molecule has 12 aromatic rings. The standard InChI is InChI=1S/C51H30N4/c1-2-11-31(12-3-1)36-23-24-37-30-45-48-46(43(37)29-36)41-18-9-8-17-40(41)42-19-10-20-44(47(42)48)55(45)51-53-49(38-25-21-32-13-4-6-15-34(32)27-38)52-50(54-51)39-26-22-33-14-5-7-16-35(33)28-39/h1-30H. The average molecular weight is 699 g/mol. The smallest absolute Gasteiger partial charge is 0.238 e. The molecular weight excluding hydrogens is 669 g/mol. The van der Waals surface area contributed by atoms with E-state index in [9.17, 15) is 0 Å². The van der Waals surface area contributed by atoms with Crippen molar-refractivity contribution in [1.29, 1.82) is 0 Å². The van der Waals surface area contributed by atoms with Gasteiger partial charge in [-0.3, -0.25) is 4.57 Å². The molecule has 0 amide bonds. The molecule has 0 unspecified atom stereocenters. The number of benzene rings is 10. The molecular formula is C51H30N4. The van der Waals surface area contributed by atoms with E-state index in [-0.39, 0.29) is 0 Å². The SMILES string of the molecule is c1ccc(-c2ccc3cc4c5c(c3c2)c2ccccc2c2cccc(c25)n4-c2nc(-c3ccc4ccccc4c3)nc(-c3ccc4ccccc4c3)n2)cc1. The van der Waals surface area contributed by atoms with E-state index in [0.717, 1.165) is 32.9 Å². The van der Waals surface area contributed by atoms with Crippen LogP contribution in [0.3, 0.4) is 0 Å². The fourth-order valence-electron chi connectivity index (χ4n) is 8.77. The monoisotopic (exact) mass is 698 g/mol. The van der Waals surface area contributed by atoms with Crippen LogP contribution >= 0.6 is 0 Å². The molecule has 12 rings (SSSR count). The molecule has 2 heterocycles. The summed E-state index contributed by atoms with van der Waals surface area (Å²) in [6, 6.07) is 65.1. The lowest BCUT2D eigenvalue weighted by Gasteiger charge is -2.13. The van der Waals surface area contributed by atoms with Crippen LogP contribution < -0.4 is 0 Å². The maximum atomic E-state index is 5.34. The fourth-order valence-corrected chi connectivity index (χ4v) is 8.77. The Morgan fingerprint density at radius 2 is 0.855 bits per heavy atom. The Morgan fingerprint density at radius 1 is 0.291 bits per heavy atom. The van der Waals surface area contributed by atoms with Gasteiger partial charge in [0, 0.05) is 27.3 Å². The molecule has 0 aliphatic heterocycles. The van der Waals surface area contributed by atoms with Crippen molar-refractivity contribution in [2.75, 3.05) is 0 Å². The number of rotatable bonds is 4. The molecule has 0 bridgehead atoms. The van der Waals surface area contributed by atoms with Crippen molar-refractivity contribution in [1.82, 2.24) is 19.5 Å². The minimum Gasteiger partial charge on any atom is -0.278 e. The Morgan fingerprint density at radius 3 is 1.56 bits per heavy atom. The third-order valence-electron chi connectivity index (χ3n) is 11.3. The lowest BCUT2D eigenvalue weighted by Crippen LogP contribution is -2.06. The van der Waals surface area contributed by atoms with Gasteiger partial charge in [-0.2, -0.15) is 9.97 Å². The lowest BCUT2D eigenvalue weighted by atomic mass is 9.90. The van der Waals surface area contributed by atoms with E-state index in [1.54, 1.807) is 0 Å². The molecule has 0 radical (unpaired) electrons. The molecule has 10 aromatic carbocycles. The summed E-state index contributed by atoms with van der Waals surface area (Å²) >= 11 is 0. The second-order valence-electron chi connectivity index (χ2n) is 14.4. The zero-order chi connectivity index (χ0) is 36.0. The van der Waals surface area contributed by atoms with Gasteiger partial charge >= 0.3 is 0 Å². The van der Waals surface area contributed by atoms with Crippen molar-refractivity contribution < 1.29 is 0 Å². The predicted molar refractivity (Wildman–Crippen MR) is 229 cm³/mol. The Bertz CT molecular complexity index is 3390. The second-order valence-corrected chi connectivity index (χ2v) is 14.4. The van der Waals surface area contributed by atoms with Crippen molar-refractivity contribution in [3.05, 3.63) is 182 Å². The molecule has 0 N–H and O–H groups in total. The molecule has 254 valence electrons. The van der Waals surface area contributed by atoms with E-state index in [4.69, 9.17) is 15.0 Å². The number of aromatic nitrogens is 4. The maximum absolute atomic E-state index is 5.34. The van der Waals surface area contributed by atoms with Crippen LogP contribution in [0.25, 0.3) is 116 Å². The first kappa shape index (κ1) is 30.1. The first-order valence-electron chi connectivity index (χ1n) is 18.7. The van der Waals surface area contributed by atoms with Crippen molar-refractivity contribution >= 4 is 75.7 Å². The Kier molecular flexibility index (Phi) is 6.31. The number of fused-ring (bicyclic) bond motifs is 7. The molecule has 2 aromatic heterocycles. The van der Waals surface area contributed by atoms with Gasteiger partial charge in [-0.15, -0.1) is 0 Å². The first-order valence-corrected chi connectivity index (χ1v) is 18.7. The van der Waals surface area contributed by atoms with Gasteiger partial charge in [0.1, 0.15) is 0 Å². The summed E-state index contributed by atoms with van der Waals surface area (Å²) in [6.07, 6.45) is 0. The van der Waals surface area contributed by atoms with E-state index in [2.05, 4.69) is 187 Å². The summed E-state index contributed by atoms with van der Waals surface area (Å²) in [5.41, 5.74) is 6.45. The molecule has 4 nitrogen and oxygen atoms in total. The second kappa shape index (κ2) is 11.5. The zero-order valence-corrected chi connectivity index (χ0v) is 29.6. The third kappa shape index (κ3) is 4.55. The highest BCUT2D eigenvalue weighted by Gasteiger charge is 2.24. The molecule has 0 saturated carbocycles. The highest BCUT2D eigenvalue weighted by atomic mass is 15.2. The van der Waals surface area contributed by atoms with Crippen molar-refractivity contribution in [3.63, 3.8) is 0 Å². The lowest BCUT2D eigenvalue weighted by molar-refractivity contribution is 0.954. The average Bonchev–Trinajstić information content (AvgIpc) is 3.59. The number of nitrogens with zero attached hydrogens (tertiary/aromatic N) is 4. The molecule has 0 saturated heterocycles. The normalized spacial score (nSPS) is 12.0. The highest BCUT2D eigenvalue weighted by molar-refractivity contribution is 6.39. The van der Waals surface area contributed by atoms with Crippen LogP contribution in [0.5, 0.6) is 0 Å². The summed E-state index contributed by atoms with van der Waals surface area (Å²) in [4.78, 5) is 15.9. The van der Waals surface area contributed by atoms with Gasteiger partial charge in [0.05, 0.1) is 11.0 Å². The Hall–Kier alpha value is -7.43. The summed E-state index contributed by atoms with van der Waals surface area (Å²) < 4.78 is 2.27. The van der Waals surface area contributed by atoms with Gasteiger partial charge in [-0.05, 0) is 89.9 Å². The van der Waals surface area contributed by atoms with Gasteiger partial charge in [0.25, 0.3) is 0 Å². The highest BCUT2D eigenvalue weighted by Crippen LogP contribution is 2.47. The number of hydrogen-bond acceptors (Lipinski definition) is 3. The van der Waals surface area contributed by atoms with Crippen LogP contribution in [0.2, 0.25) is 0 Å². The molecule has 0 aliphatic carbocycles. The third-order valence-corrected chi connectivity index (χ3v) is 11.3. The molecule has 0 spiro atoms. The van der Waals surface area contributed by atoms with Crippen molar-refractivity contribution in [3.8, 4) is 39.9 Å². The van der Waals surface area contributed by atoms with Gasteiger partial charge < -0.3 is 0 Å². The van der Waals surface area contributed by atoms with Gasteiger partial charge in [-0.1, -0.05) is 152 Å². The summed E-state index contributed by atoms with van der Waals surface area (Å²) in [5.74, 6) is 1.86. The van der Waals surface area contributed by atoms with E-state index >= 15 is 0 Å². The summed E-state index contributed by atoms with van der Waals surface area (Å²) in [5, 5.41) is 14.4. The molecule has 0 fully saturated rings. The fraction of sp³-hybridized carbons (Fsp3) is 0. The molecule has 0 aliphatic rings. The van der Waals surface area contributed by atoms with Gasteiger partial charge in [0.15, 0.2) is 11.6 Å².